The molecule has 10 rings (SSSR count). The summed E-state index contributed by atoms with van der Waals surface area (Å²) in [7, 11) is 0. The lowest BCUT2D eigenvalue weighted by atomic mass is 9.71. The third-order valence-electron chi connectivity index (χ3n) is 9.53. The molecular formula is C40H24N4. The van der Waals surface area contributed by atoms with Crippen LogP contribution in [0.2, 0.25) is 0 Å². The highest BCUT2D eigenvalue weighted by atomic mass is 15.1. The zero-order valence-corrected chi connectivity index (χ0v) is 23.6. The Morgan fingerprint density at radius 3 is 1.82 bits per heavy atom. The molecule has 4 heterocycles. The summed E-state index contributed by atoms with van der Waals surface area (Å²) < 4.78 is 2.28. The molecule has 44 heavy (non-hydrogen) atoms. The van der Waals surface area contributed by atoms with Crippen LogP contribution in [0.1, 0.15) is 22.3 Å². The summed E-state index contributed by atoms with van der Waals surface area (Å²) in [6.45, 7) is 0. The molecule has 4 heteroatoms. The van der Waals surface area contributed by atoms with Gasteiger partial charge in [-0.05, 0) is 64.7 Å². The van der Waals surface area contributed by atoms with E-state index in [1.54, 1.807) is 0 Å². The highest BCUT2D eigenvalue weighted by Crippen LogP contribution is 2.62. The maximum atomic E-state index is 5.30. The molecule has 4 aromatic heterocycles. The minimum absolute atomic E-state index is 0.487. The van der Waals surface area contributed by atoms with Crippen LogP contribution in [0.3, 0.4) is 0 Å². The molecule has 4 nitrogen and oxygen atoms in total. The summed E-state index contributed by atoms with van der Waals surface area (Å²) in [5.41, 5.74) is 13.2. The van der Waals surface area contributed by atoms with Gasteiger partial charge in [-0.15, -0.1) is 0 Å². The molecule has 1 unspecified atom stereocenters. The minimum Gasteiger partial charge on any atom is -0.294 e. The van der Waals surface area contributed by atoms with Gasteiger partial charge in [0.05, 0.1) is 33.5 Å². The topological polar surface area (TPSA) is 43.6 Å². The van der Waals surface area contributed by atoms with Crippen LogP contribution in [-0.4, -0.2) is 19.5 Å². The Bertz CT molecular complexity index is 2350. The zero-order chi connectivity index (χ0) is 28.8. The van der Waals surface area contributed by atoms with Crippen LogP contribution in [0.15, 0.2) is 146 Å². The van der Waals surface area contributed by atoms with Crippen LogP contribution >= 0.6 is 0 Å². The molecule has 204 valence electrons. The van der Waals surface area contributed by atoms with Crippen molar-refractivity contribution in [1.82, 2.24) is 19.5 Å². The Hall–Kier alpha value is -5.87. The van der Waals surface area contributed by atoms with E-state index >= 15 is 0 Å². The van der Waals surface area contributed by atoms with E-state index in [0.29, 0.717) is 0 Å². The van der Waals surface area contributed by atoms with E-state index in [1.165, 1.54) is 38.6 Å². The van der Waals surface area contributed by atoms with Gasteiger partial charge in [0.1, 0.15) is 5.82 Å². The Morgan fingerprint density at radius 2 is 1.09 bits per heavy atom. The van der Waals surface area contributed by atoms with Crippen molar-refractivity contribution in [1.29, 1.82) is 0 Å². The summed E-state index contributed by atoms with van der Waals surface area (Å²) in [5.74, 6) is 0.904. The van der Waals surface area contributed by atoms with Crippen molar-refractivity contribution in [3.05, 3.63) is 168 Å². The van der Waals surface area contributed by atoms with E-state index in [-0.39, 0.29) is 0 Å². The van der Waals surface area contributed by atoms with Crippen LogP contribution in [0.5, 0.6) is 0 Å². The van der Waals surface area contributed by atoms with Crippen LogP contribution < -0.4 is 0 Å². The van der Waals surface area contributed by atoms with E-state index < -0.39 is 5.41 Å². The van der Waals surface area contributed by atoms with Crippen molar-refractivity contribution in [2.45, 2.75) is 5.41 Å². The summed E-state index contributed by atoms with van der Waals surface area (Å²) in [6, 6.07) is 47.5. The first kappa shape index (κ1) is 23.7. The number of benzene rings is 4. The molecule has 1 spiro atoms. The fourth-order valence-electron chi connectivity index (χ4n) is 7.83. The molecule has 0 radical (unpaired) electrons. The second-order valence-corrected chi connectivity index (χ2v) is 11.6. The third-order valence-corrected chi connectivity index (χ3v) is 9.53. The predicted molar refractivity (Wildman–Crippen MR) is 176 cm³/mol. The maximum Gasteiger partial charge on any atom is 0.138 e. The van der Waals surface area contributed by atoms with E-state index in [4.69, 9.17) is 15.0 Å². The van der Waals surface area contributed by atoms with E-state index in [1.807, 2.05) is 12.4 Å². The number of hydrogen-bond acceptors (Lipinski definition) is 3. The van der Waals surface area contributed by atoms with Crippen LogP contribution in [0.25, 0.3) is 61.4 Å². The molecule has 2 aliphatic rings. The van der Waals surface area contributed by atoms with Crippen molar-refractivity contribution < 1.29 is 0 Å². The molecule has 4 aromatic carbocycles. The zero-order valence-electron chi connectivity index (χ0n) is 23.6. The van der Waals surface area contributed by atoms with Crippen molar-refractivity contribution >= 4 is 21.8 Å². The first-order chi connectivity index (χ1) is 21.8. The Labute approximate surface area is 254 Å². The average Bonchev–Trinajstić information content (AvgIpc) is 3.70. The quantitative estimate of drug-likeness (QED) is 0.212. The Kier molecular flexibility index (Phi) is 4.62. The number of rotatable bonds is 2. The van der Waals surface area contributed by atoms with Gasteiger partial charge in [-0.3, -0.25) is 14.5 Å². The van der Waals surface area contributed by atoms with Gasteiger partial charge >= 0.3 is 0 Å². The molecular weight excluding hydrogens is 536 g/mol. The number of hydrogen-bond donors (Lipinski definition) is 0. The minimum atomic E-state index is -0.487. The normalized spacial score (nSPS) is 15.8. The molecule has 8 aromatic rings. The fourth-order valence-corrected chi connectivity index (χ4v) is 7.83. The lowest BCUT2D eigenvalue weighted by Gasteiger charge is -2.30. The number of pyridine rings is 3. The molecule has 2 aliphatic carbocycles. The Morgan fingerprint density at radius 1 is 0.477 bits per heavy atom. The standard InChI is InChI=1S/C40H24N4/c1-4-13-30-28(12-1)38-31(14-8-22-41-38)40(30)32-15-9-23-42-39(32)29-21-20-25(24-33(29)40)34-16-7-19-37(43-34)44-35-17-5-2-10-26(35)27-11-3-6-18-36(27)44/h1-24H. The summed E-state index contributed by atoms with van der Waals surface area (Å²) in [5, 5.41) is 2.46. The average molecular weight is 561 g/mol. The van der Waals surface area contributed by atoms with Gasteiger partial charge in [-0.1, -0.05) is 91.0 Å². The molecule has 0 saturated carbocycles. The number of para-hydroxylation sites is 2. The molecule has 0 amide bonds. The largest absolute Gasteiger partial charge is 0.294 e. The van der Waals surface area contributed by atoms with Crippen LogP contribution in [-0.2, 0) is 5.41 Å². The Balaban J connectivity index is 1.22. The molecule has 0 saturated heterocycles. The van der Waals surface area contributed by atoms with Gasteiger partial charge in [-0.2, -0.15) is 0 Å². The second kappa shape index (κ2) is 8.59. The van der Waals surface area contributed by atoms with E-state index in [0.717, 1.165) is 45.1 Å². The molecule has 0 fully saturated rings. The SMILES string of the molecule is c1cc(-c2ccc3c(c2)C2(c4ccccc4-c4ncccc42)c2cccnc2-3)nc(-n2c3ccccc3c3ccccc32)c1. The number of fused-ring (bicyclic) bond motifs is 13. The van der Waals surface area contributed by atoms with Crippen molar-refractivity contribution in [2.75, 3.05) is 0 Å². The highest BCUT2D eigenvalue weighted by molar-refractivity contribution is 6.09. The van der Waals surface area contributed by atoms with E-state index in [2.05, 4.69) is 138 Å². The van der Waals surface area contributed by atoms with Gasteiger partial charge in [0.2, 0.25) is 0 Å². The van der Waals surface area contributed by atoms with Gasteiger partial charge in [0.25, 0.3) is 0 Å². The molecule has 0 aliphatic heterocycles. The molecule has 1 atom stereocenters. The lowest BCUT2D eigenvalue weighted by molar-refractivity contribution is 0.789. The smallest absolute Gasteiger partial charge is 0.138 e. The second-order valence-electron chi connectivity index (χ2n) is 11.6. The first-order valence-electron chi connectivity index (χ1n) is 15.0. The van der Waals surface area contributed by atoms with Crippen molar-refractivity contribution in [2.24, 2.45) is 0 Å². The predicted octanol–water partition coefficient (Wildman–Crippen LogP) is 8.98. The number of nitrogens with zero attached hydrogens (tertiary/aromatic N) is 4. The lowest BCUT2D eigenvalue weighted by Crippen LogP contribution is -2.26. The summed E-state index contributed by atoms with van der Waals surface area (Å²) in [6.07, 6.45) is 3.80. The van der Waals surface area contributed by atoms with Crippen molar-refractivity contribution in [3.8, 4) is 39.6 Å². The van der Waals surface area contributed by atoms with Gasteiger partial charge in [0, 0.05) is 39.9 Å². The summed E-state index contributed by atoms with van der Waals surface area (Å²) >= 11 is 0. The first-order valence-corrected chi connectivity index (χ1v) is 15.0. The number of aromatic nitrogens is 4. The maximum absolute atomic E-state index is 5.30. The van der Waals surface area contributed by atoms with E-state index in [9.17, 15) is 0 Å². The van der Waals surface area contributed by atoms with Crippen LogP contribution in [0, 0.1) is 0 Å². The monoisotopic (exact) mass is 560 g/mol. The molecule has 0 N–H and O–H groups in total. The van der Waals surface area contributed by atoms with Gasteiger partial charge in [-0.25, -0.2) is 4.98 Å². The molecule has 0 bridgehead atoms. The van der Waals surface area contributed by atoms with Gasteiger partial charge < -0.3 is 0 Å². The highest BCUT2D eigenvalue weighted by Gasteiger charge is 2.52. The fraction of sp³-hybridized carbons (Fsp3) is 0.0250. The van der Waals surface area contributed by atoms with Crippen LogP contribution in [0.4, 0.5) is 0 Å². The van der Waals surface area contributed by atoms with Gasteiger partial charge in [0.15, 0.2) is 0 Å². The summed E-state index contributed by atoms with van der Waals surface area (Å²) in [4.78, 5) is 15.1. The third kappa shape index (κ3) is 2.89. The van der Waals surface area contributed by atoms with Crippen molar-refractivity contribution in [3.63, 3.8) is 0 Å².